The van der Waals surface area contributed by atoms with E-state index in [1.807, 2.05) is 0 Å². The Bertz CT molecular complexity index is 791. The lowest BCUT2D eigenvalue weighted by molar-refractivity contribution is -0.135. The summed E-state index contributed by atoms with van der Waals surface area (Å²) in [7, 11) is 0. The number of unbranched alkanes of at least 4 members (excludes halogenated alkanes) is 1. The average Bonchev–Trinajstić information content (AvgIpc) is 3.11. The molecule has 0 aliphatic heterocycles. The molecule has 5 nitrogen and oxygen atoms in total. The van der Waals surface area contributed by atoms with E-state index in [9.17, 15) is 9.59 Å². The van der Waals surface area contributed by atoms with Crippen molar-refractivity contribution in [2.75, 3.05) is 6.54 Å². The Morgan fingerprint density at radius 1 is 1.12 bits per heavy atom. The summed E-state index contributed by atoms with van der Waals surface area (Å²) in [6, 6.07) is 0. The monoisotopic (exact) mass is 473 g/mol. The van der Waals surface area contributed by atoms with Gasteiger partial charge in [0.1, 0.15) is 12.6 Å². The molecule has 0 aromatic carbocycles. The molecule has 5 unspecified atom stereocenters. The third-order valence-electron chi connectivity index (χ3n) is 10.5. The van der Waals surface area contributed by atoms with E-state index in [0.29, 0.717) is 5.41 Å². The van der Waals surface area contributed by atoms with Crippen LogP contribution in [0.3, 0.4) is 0 Å². The molecule has 4 rings (SSSR count). The third kappa shape index (κ3) is 5.04. The van der Waals surface area contributed by atoms with Crippen LogP contribution in [0.25, 0.3) is 0 Å². The molecule has 3 saturated carbocycles. The van der Waals surface area contributed by atoms with Crippen LogP contribution in [0.5, 0.6) is 0 Å². The minimum absolute atomic E-state index is 0.139. The first kappa shape index (κ1) is 25.6. The van der Waals surface area contributed by atoms with Gasteiger partial charge in [-0.05, 0) is 91.8 Å². The number of carboxylic acid groups (broad SMARTS) is 1. The van der Waals surface area contributed by atoms with Crippen molar-refractivity contribution in [3.05, 3.63) is 11.6 Å². The van der Waals surface area contributed by atoms with Gasteiger partial charge < -0.3 is 15.2 Å². The number of carboxylic acids is 1. The van der Waals surface area contributed by atoms with Crippen molar-refractivity contribution in [1.82, 2.24) is 5.32 Å². The lowest BCUT2D eigenvalue weighted by Gasteiger charge is -2.58. The molecular weight excluding hydrogens is 426 g/mol. The maximum absolute atomic E-state index is 12.0. The first-order valence-corrected chi connectivity index (χ1v) is 14.0. The van der Waals surface area contributed by atoms with E-state index in [1.165, 1.54) is 63.4 Å². The highest BCUT2D eigenvalue weighted by molar-refractivity contribution is 5.76. The van der Waals surface area contributed by atoms with Gasteiger partial charge in [0.2, 0.25) is 0 Å². The summed E-state index contributed by atoms with van der Waals surface area (Å²) >= 11 is 0. The van der Waals surface area contributed by atoms with E-state index >= 15 is 0 Å². The van der Waals surface area contributed by atoms with Crippen LogP contribution in [0.2, 0.25) is 0 Å². The molecule has 5 heteroatoms. The molecule has 4 aliphatic carbocycles. The molecule has 0 aromatic heterocycles. The molecule has 0 aromatic rings. The Hall–Kier alpha value is -1.52. The quantitative estimate of drug-likeness (QED) is 0.295. The fourth-order valence-corrected chi connectivity index (χ4v) is 8.60. The molecule has 0 bridgehead atoms. The van der Waals surface area contributed by atoms with Crippen molar-refractivity contribution >= 4 is 12.1 Å². The lowest BCUT2D eigenvalue weighted by Crippen LogP contribution is -2.50. The summed E-state index contributed by atoms with van der Waals surface area (Å²) in [4.78, 5) is 22.7. The van der Waals surface area contributed by atoms with Crippen LogP contribution in [-0.2, 0) is 9.53 Å². The molecular formula is C29H47NO4. The Morgan fingerprint density at radius 2 is 1.91 bits per heavy atom. The second kappa shape index (κ2) is 10.2. The minimum Gasteiger partial charge on any atom is -0.480 e. The van der Waals surface area contributed by atoms with Crippen LogP contribution in [0.15, 0.2) is 11.6 Å². The third-order valence-corrected chi connectivity index (χ3v) is 10.5. The summed E-state index contributed by atoms with van der Waals surface area (Å²) in [5.41, 5.74) is 2.25. The Labute approximate surface area is 206 Å². The molecule has 0 spiro atoms. The molecule has 2 N–H and O–H groups in total. The number of aliphatic carboxylic acids is 1. The molecule has 3 fully saturated rings. The predicted octanol–water partition coefficient (Wildman–Crippen LogP) is 6.96. The fourth-order valence-electron chi connectivity index (χ4n) is 8.60. The Morgan fingerprint density at radius 3 is 2.65 bits per heavy atom. The number of carbonyl (C=O) groups excluding carboxylic acids is 1. The average molecular weight is 474 g/mol. The minimum atomic E-state index is -1.05. The standard InChI is InChI=1S/C29H47NO4/c1-19(2)7-5-6-8-20-10-12-24-23-11-9-21-17-22(34-27(33)30-18-26(31)32)13-15-29(21,4)25(23)14-16-28(20,24)3/h9,19-20,22-25H,5-8,10-18H2,1-4H3,(H,30,33)(H,31,32)/t20-,22-,23?,24?,25?,28?,29?/m0/s1. The summed E-state index contributed by atoms with van der Waals surface area (Å²) in [6.07, 6.45) is 16.9. The number of hydrogen-bond acceptors (Lipinski definition) is 3. The molecule has 1 amide bonds. The highest BCUT2D eigenvalue weighted by Gasteiger charge is 2.58. The highest BCUT2D eigenvalue weighted by Crippen LogP contribution is 2.66. The van der Waals surface area contributed by atoms with Gasteiger partial charge in [-0.1, -0.05) is 58.6 Å². The number of allylic oxidation sites excluding steroid dienone is 1. The van der Waals surface area contributed by atoms with E-state index < -0.39 is 18.6 Å². The van der Waals surface area contributed by atoms with Crippen molar-refractivity contribution in [2.24, 2.45) is 40.4 Å². The molecule has 0 radical (unpaired) electrons. The number of ether oxygens (including phenoxy) is 1. The van der Waals surface area contributed by atoms with Gasteiger partial charge in [-0.15, -0.1) is 0 Å². The molecule has 192 valence electrons. The van der Waals surface area contributed by atoms with Gasteiger partial charge in [0.15, 0.2) is 0 Å². The maximum Gasteiger partial charge on any atom is 0.407 e. The summed E-state index contributed by atoms with van der Waals surface area (Å²) in [5, 5.41) is 11.1. The SMILES string of the molecule is CC(C)CCCC[C@H]1CCC2C3CC=C4C[C@@H](OC(=O)NCC(=O)O)CCC4(C)C3CCC21C. The van der Waals surface area contributed by atoms with Gasteiger partial charge in [0.25, 0.3) is 0 Å². The van der Waals surface area contributed by atoms with Crippen LogP contribution in [0.1, 0.15) is 105 Å². The summed E-state index contributed by atoms with van der Waals surface area (Å²) < 4.78 is 5.58. The molecule has 0 saturated heterocycles. The van der Waals surface area contributed by atoms with E-state index in [2.05, 4.69) is 39.1 Å². The summed E-state index contributed by atoms with van der Waals surface area (Å²) in [6.45, 7) is 9.41. The zero-order chi connectivity index (χ0) is 24.5. The van der Waals surface area contributed by atoms with Crippen molar-refractivity contribution in [3.63, 3.8) is 0 Å². The number of hydrogen-bond donors (Lipinski definition) is 2. The van der Waals surface area contributed by atoms with Crippen LogP contribution < -0.4 is 5.32 Å². The number of amides is 1. The topological polar surface area (TPSA) is 75.6 Å². The van der Waals surface area contributed by atoms with Gasteiger partial charge in [-0.25, -0.2) is 4.79 Å². The van der Waals surface area contributed by atoms with Crippen LogP contribution in [-0.4, -0.2) is 29.8 Å². The number of rotatable bonds is 8. The van der Waals surface area contributed by atoms with Crippen LogP contribution in [0, 0.1) is 40.4 Å². The number of carbonyl (C=O) groups is 2. The van der Waals surface area contributed by atoms with Crippen LogP contribution >= 0.6 is 0 Å². The van der Waals surface area contributed by atoms with Gasteiger partial charge >= 0.3 is 12.1 Å². The molecule has 34 heavy (non-hydrogen) atoms. The van der Waals surface area contributed by atoms with Crippen molar-refractivity contribution in [2.45, 2.75) is 111 Å². The summed E-state index contributed by atoms with van der Waals surface area (Å²) in [5.74, 6) is 3.12. The number of nitrogens with one attached hydrogen (secondary N) is 1. The van der Waals surface area contributed by atoms with Gasteiger partial charge in [0.05, 0.1) is 0 Å². The van der Waals surface area contributed by atoms with E-state index in [1.54, 1.807) is 0 Å². The highest BCUT2D eigenvalue weighted by atomic mass is 16.6. The zero-order valence-electron chi connectivity index (χ0n) is 21.9. The number of fused-ring (bicyclic) bond motifs is 5. The molecule has 7 atom stereocenters. The Kier molecular flexibility index (Phi) is 7.69. The smallest absolute Gasteiger partial charge is 0.407 e. The zero-order valence-corrected chi connectivity index (χ0v) is 21.9. The van der Waals surface area contributed by atoms with Crippen molar-refractivity contribution in [3.8, 4) is 0 Å². The van der Waals surface area contributed by atoms with Crippen molar-refractivity contribution < 1.29 is 19.4 Å². The Balaban J connectivity index is 1.38. The lowest BCUT2D eigenvalue weighted by atomic mass is 9.47. The van der Waals surface area contributed by atoms with E-state index in [0.717, 1.165) is 48.9 Å². The largest absolute Gasteiger partial charge is 0.480 e. The van der Waals surface area contributed by atoms with Crippen LogP contribution in [0.4, 0.5) is 4.79 Å². The first-order valence-electron chi connectivity index (χ1n) is 14.0. The van der Waals surface area contributed by atoms with E-state index in [4.69, 9.17) is 9.84 Å². The fraction of sp³-hybridized carbons (Fsp3) is 0.862. The second-order valence-electron chi connectivity index (χ2n) is 12.8. The van der Waals surface area contributed by atoms with Gasteiger partial charge in [0, 0.05) is 6.42 Å². The maximum atomic E-state index is 12.0. The van der Waals surface area contributed by atoms with Crippen molar-refractivity contribution in [1.29, 1.82) is 0 Å². The second-order valence-corrected chi connectivity index (χ2v) is 12.8. The van der Waals surface area contributed by atoms with E-state index in [-0.39, 0.29) is 11.5 Å². The molecule has 0 heterocycles. The normalized spacial score (nSPS) is 39.0. The van der Waals surface area contributed by atoms with Gasteiger partial charge in [-0.3, -0.25) is 4.79 Å². The number of alkyl carbamates (subject to hydrolysis) is 1. The first-order chi connectivity index (χ1) is 16.1. The van der Waals surface area contributed by atoms with Gasteiger partial charge in [-0.2, -0.15) is 0 Å². The molecule has 4 aliphatic rings. The predicted molar refractivity (Wildman–Crippen MR) is 134 cm³/mol.